The molecule has 0 saturated heterocycles. The summed E-state index contributed by atoms with van der Waals surface area (Å²) in [7, 11) is 0. The number of phenolic OH excluding ortho intramolecular Hbond substituents is 1. The first kappa shape index (κ1) is 13.5. The topological polar surface area (TPSA) is 72.5 Å². The van der Waals surface area contributed by atoms with Crippen molar-refractivity contribution in [2.24, 2.45) is 5.73 Å². The van der Waals surface area contributed by atoms with Crippen molar-refractivity contribution in [1.82, 2.24) is 0 Å². The molecule has 1 atom stereocenters. The van der Waals surface area contributed by atoms with Gasteiger partial charge in [-0.15, -0.1) is 0 Å². The van der Waals surface area contributed by atoms with E-state index in [2.05, 4.69) is 0 Å². The quantitative estimate of drug-likeness (QED) is 0.790. The summed E-state index contributed by atoms with van der Waals surface area (Å²) < 4.78 is 5.19. The zero-order valence-electron chi connectivity index (χ0n) is 10.4. The second kappa shape index (κ2) is 5.19. The SMILES string of the molecule is CC(C)(C)OC(=O)C[C@@H](N)c1ccc(O)cc1. The molecular weight excluding hydrogens is 218 g/mol. The van der Waals surface area contributed by atoms with E-state index in [1.165, 1.54) is 0 Å². The molecule has 0 aliphatic heterocycles. The standard InChI is InChI=1S/C13H19NO3/c1-13(2,3)17-12(16)8-11(14)9-4-6-10(15)7-5-9/h4-7,11,15H,8,14H2,1-3H3/t11-/m1/s1. The van der Waals surface area contributed by atoms with E-state index in [0.29, 0.717) is 0 Å². The van der Waals surface area contributed by atoms with Crippen LogP contribution in [0.1, 0.15) is 38.8 Å². The molecule has 0 aliphatic carbocycles. The molecule has 1 aromatic rings. The van der Waals surface area contributed by atoms with Gasteiger partial charge >= 0.3 is 5.97 Å². The lowest BCUT2D eigenvalue weighted by molar-refractivity contribution is -0.155. The summed E-state index contributed by atoms with van der Waals surface area (Å²) >= 11 is 0. The number of ether oxygens (including phenoxy) is 1. The van der Waals surface area contributed by atoms with E-state index in [0.717, 1.165) is 5.56 Å². The van der Waals surface area contributed by atoms with E-state index < -0.39 is 11.6 Å². The molecule has 0 aromatic heterocycles. The third-order valence-corrected chi connectivity index (χ3v) is 2.13. The Morgan fingerprint density at radius 1 is 1.35 bits per heavy atom. The Bertz CT molecular complexity index is 379. The average Bonchev–Trinajstić information content (AvgIpc) is 2.15. The van der Waals surface area contributed by atoms with Crippen LogP contribution in [0, 0.1) is 0 Å². The summed E-state index contributed by atoms with van der Waals surface area (Å²) in [5, 5.41) is 9.14. The summed E-state index contributed by atoms with van der Waals surface area (Å²) in [4.78, 5) is 11.6. The molecule has 0 fully saturated rings. The van der Waals surface area contributed by atoms with Gasteiger partial charge in [0.1, 0.15) is 11.4 Å². The number of esters is 1. The van der Waals surface area contributed by atoms with Gasteiger partial charge < -0.3 is 15.6 Å². The Kier molecular flexibility index (Phi) is 4.12. The van der Waals surface area contributed by atoms with Crippen molar-refractivity contribution in [1.29, 1.82) is 0 Å². The van der Waals surface area contributed by atoms with Crippen LogP contribution >= 0.6 is 0 Å². The number of hydrogen-bond donors (Lipinski definition) is 2. The minimum Gasteiger partial charge on any atom is -0.508 e. The largest absolute Gasteiger partial charge is 0.508 e. The van der Waals surface area contributed by atoms with Crippen molar-refractivity contribution in [2.75, 3.05) is 0 Å². The summed E-state index contributed by atoms with van der Waals surface area (Å²) in [6, 6.07) is 6.08. The van der Waals surface area contributed by atoms with E-state index in [9.17, 15) is 4.79 Å². The lowest BCUT2D eigenvalue weighted by Gasteiger charge is -2.21. The van der Waals surface area contributed by atoms with E-state index in [1.807, 2.05) is 20.8 Å². The Labute approximate surface area is 101 Å². The van der Waals surface area contributed by atoms with Gasteiger partial charge in [-0.05, 0) is 38.5 Å². The van der Waals surface area contributed by atoms with Gasteiger partial charge in [0.25, 0.3) is 0 Å². The molecule has 4 heteroatoms. The number of nitrogens with two attached hydrogens (primary N) is 1. The molecule has 3 N–H and O–H groups in total. The highest BCUT2D eigenvalue weighted by atomic mass is 16.6. The first-order valence-electron chi connectivity index (χ1n) is 5.54. The van der Waals surface area contributed by atoms with Gasteiger partial charge in [-0.25, -0.2) is 0 Å². The zero-order valence-corrected chi connectivity index (χ0v) is 10.4. The molecule has 0 bridgehead atoms. The number of hydrogen-bond acceptors (Lipinski definition) is 4. The Morgan fingerprint density at radius 3 is 2.35 bits per heavy atom. The molecule has 0 amide bonds. The van der Waals surface area contributed by atoms with Crippen molar-refractivity contribution >= 4 is 5.97 Å². The van der Waals surface area contributed by atoms with Gasteiger partial charge in [0.15, 0.2) is 0 Å². The molecule has 17 heavy (non-hydrogen) atoms. The van der Waals surface area contributed by atoms with Gasteiger partial charge in [0, 0.05) is 6.04 Å². The van der Waals surface area contributed by atoms with E-state index in [4.69, 9.17) is 15.6 Å². The van der Waals surface area contributed by atoms with E-state index in [1.54, 1.807) is 24.3 Å². The van der Waals surface area contributed by atoms with Crippen molar-refractivity contribution in [3.05, 3.63) is 29.8 Å². The monoisotopic (exact) mass is 237 g/mol. The maximum absolute atomic E-state index is 11.6. The van der Waals surface area contributed by atoms with Gasteiger partial charge in [-0.2, -0.15) is 0 Å². The third kappa shape index (κ3) is 4.87. The van der Waals surface area contributed by atoms with Crippen LogP contribution in [0.4, 0.5) is 0 Å². The zero-order chi connectivity index (χ0) is 13.1. The van der Waals surface area contributed by atoms with Crippen LogP contribution in [0.15, 0.2) is 24.3 Å². The van der Waals surface area contributed by atoms with Crippen molar-refractivity contribution in [3.8, 4) is 5.75 Å². The number of aromatic hydroxyl groups is 1. The number of carbonyl (C=O) groups excluding carboxylic acids is 1. The summed E-state index contributed by atoms with van der Waals surface area (Å²) in [6.07, 6.45) is 0.127. The molecule has 1 aromatic carbocycles. The lowest BCUT2D eigenvalue weighted by Crippen LogP contribution is -2.26. The molecule has 0 saturated carbocycles. The smallest absolute Gasteiger partial charge is 0.308 e. The minimum absolute atomic E-state index is 0.127. The Morgan fingerprint density at radius 2 is 1.88 bits per heavy atom. The molecule has 4 nitrogen and oxygen atoms in total. The third-order valence-electron chi connectivity index (χ3n) is 2.13. The molecular formula is C13H19NO3. The average molecular weight is 237 g/mol. The fraction of sp³-hybridized carbons (Fsp3) is 0.462. The molecule has 0 heterocycles. The molecule has 0 unspecified atom stereocenters. The van der Waals surface area contributed by atoms with Crippen LogP contribution in [0.3, 0.4) is 0 Å². The fourth-order valence-electron chi connectivity index (χ4n) is 1.40. The van der Waals surface area contributed by atoms with Crippen molar-refractivity contribution < 1.29 is 14.6 Å². The molecule has 0 radical (unpaired) electrons. The number of carbonyl (C=O) groups is 1. The van der Waals surface area contributed by atoms with Gasteiger partial charge in [-0.3, -0.25) is 4.79 Å². The van der Waals surface area contributed by atoms with Gasteiger partial charge in [0.05, 0.1) is 6.42 Å². The van der Waals surface area contributed by atoms with Crippen LogP contribution in [0.2, 0.25) is 0 Å². The summed E-state index contributed by atoms with van der Waals surface area (Å²) in [5.74, 6) is -0.142. The van der Waals surface area contributed by atoms with Crippen LogP contribution in [-0.4, -0.2) is 16.7 Å². The number of phenols is 1. The predicted octanol–water partition coefficient (Wildman–Crippen LogP) is 2.12. The Balaban J connectivity index is 2.57. The van der Waals surface area contributed by atoms with Crippen molar-refractivity contribution in [3.63, 3.8) is 0 Å². The molecule has 1 rings (SSSR count). The van der Waals surface area contributed by atoms with Crippen LogP contribution in [0.5, 0.6) is 5.75 Å². The van der Waals surface area contributed by atoms with Crippen LogP contribution in [0.25, 0.3) is 0 Å². The molecule has 94 valence electrons. The van der Waals surface area contributed by atoms with Crippen LogP contribution < -0.4 is 5.73 Å². The molecule has 0 aliphatic rings. The first-order chi connectivity index (χ1) is 7.78. The Hall–Kier alpha value is -1.55. The fourth-order valence-corrected chi connectivity index (χ4v) is 1.40. The second-order valence-electron chi connectivity index (χ2n) is 4.99. The minimum atomic E-state index is -0.494. The van der Waals surface area contributed by atoms with Crippen LogP contribution in [-0.2, 0) is 9.53 Å². The summed E-state index contributed by atoms with van der Waals surface area (Å²) in [6.45, 7) is 5.45. The maximum Gasteiger partial charge on any atom is 0.308 e. The van der Waals surface area contributed by atoms with Crippen molar-refractivity contribution in [2.45, 2.75) is 38.8 Å². The van der Waals surface area contributed by atoms with Gasteiger partial charge in [0.2, 0.25) is 0 Å². The second-order valence-corrected chi connectivity index (χ2v) is 4.99. The van der Waals surface area contributed by atoms with E-state index >= 15 is 0 Å². The highest BCUT2D eigenvalue weighted by molar-refractivity contribution is 5.70. The number of benzene rings is 1. The molecule has 0 spiro atoms. The predicted molar refractivity (Wildman–Crippen MR) is 65.5 cm³/mol. The lowest BCUT2D eigenvalue weighted by atomic mass is 10.0. The van der Waals surface area contributed by atoms with E-state index in [-0.39, 0.29) is 18.1 Å². The maximum atomic E-state index is 11.6. The highest BCUT2D eigenvalue weighted by Gasteiger charge is 2.19. The summed E-state index contributed by atoms with van der Waals surface area (Å²) in [5.41, 5.74) is 6.19. The normalized spacial score (nSPS) is 13.2. The highest BCUT2D eigenvalue weighted by Crippen LogP contribution is 2.19. The first-order valence-corrected chi connectivity index (χ1v) is 5.54. The number of rotatable bonds is 3. The van der Waals surface area contributed by atoms with Gasteiger partial charge in [-0.1, -0.05) is 12.1 Å².